The number of piperazine rings is 1. The van der Waals surface area contributed by atoms with Crippen LogP contribution in [0.25, 0.3) is 10.9 Å². The van der Waals surface area contributed by atoms with Gasteiger partial charge < -0.3 is 9.64 Å². The normalized spacial score (nSPS) is 15.2. The number of carbonyl (C=O) groups is 1. The van der Waals surface area contributed by atoms with E-state index in [1.165, 1.54) is 10.9 Å². The van der Waals surface area contributed by atoms with Gasteiger partial charge in [-0.15, -0.1) is 0 Å². The monoisotopic (exact) mass is 445 g/mol. The third kappa shape index (κ3) is 4.73. The molecule has 1 aromatic heterocycles. The fourth-order valence-electron chi connectivity index (χ4n) is 4.25. The predicted octanol–water partition coefficient (Wildman–Crippen LogP) is 2.51. The van der Waals surface area contributed by atoms with Crippen molar-refractivity contribution in [2.75, 3.05) is 33.3 Å². The Morgan fingerprint density at radius 3 is 2.55 bits per heavy atom. The largest absolute Gasteiger partial charge is 0.497 e. The number of hydrogen-bond acceptors (Lipinski definition) is 6. The Bertz CT molecular complexity index is 1240. The maximum Gasteiger partial charge on any atom is 0.261 e. The molecule has 0 aliphatic carbocycles. The molecule has 2 aromatic carbocycles. The van der Waals surface area contributed by atoms with Gasteiger partial charge >= 0.3 is 0 Å². The van der Waals surface area contributed by atoms with Crippen molar-refractivity contribution < 1.29 is 9.53 Å². The number of nitriles is 1. The van der Waals surface area contributed by atoms with E-state index in [0.29, 0.717) is 43.6 Å². The molecule has 33 heavy (non-hydrogen) atoms. The van der Waals surface area contributed by atoms with E-state index in [9.17, 15) is 14.9 Å². The van der Waals surface area contributed by atoms with Crippen LogP contribution in [0, 0.1) is 18.3 Å². The van der Waals surface area contributed by atoms with Gasteiger partial charge in [0.1, 0.15) is 11.8 Å². The summed E-state index contributed by atoms with van der Waals surface area (Å²) >= 11 is 0. The molecular formula is C25H27N5O3. The van der Waals surface area contributed by atoms with E-state index in [0.717, 1.165) is 16.9 Å². The highest BCUT2D eigenvalue weighted by Crippen LogP contribution is 2.24. The number of hydrogen-bond donors (Lipinski definition) is 0. The van der Waals surface area contributed by atoms with E-state index in [-0.39, 0.29) is 23.9 Å². The van der Waals surface area contributed by atoms with Gasteiger partial charge in [-0.1, -0.05) is 24.3 Å². The van der Waals surface area contributed by atoms with Crippen molar-refractivity contribution in [2.45, 2.75) is 25.9 Å². The smallest absolute Gasteiger partial charge is 0.261 e. The SMILES string of the molecule is COc1ccc(C(C#N)N2CCN(C(=O)CCn3cnc4c(C)cccc4c3=O)CC2)cc1. The first-order valence-corrected chi connectivity index (χ1v) is 11.0. The first-order chi connectivity index (χ1) is 16.0. The third-order valence-electron chi connectivity index (χ3n) is 6.21. The molecule has 0 saturated carbocycles. The molecule has 1 amide bonds. The van der Waals surface area contributed by atoms with Crippen molar-refractivity contribution in [3.05, 3.63) is 70.3 Å². The van der Waals surface area contributed by atoms with Crippen LogP contribution >= 0.6 is 0 Å². The van der Waals surface area contributed by atoms with Crippen molar-refractivity contribution in [3.63, 3.8) is 0 Å². The number of aryl methyl sites for hydroxylation is 2. The highest BCUT2D eigenvalue weighted by molar-refractivity contribution is 5.80. The van der Waals surface area contributed by atoms with Crippen LogP contribution in [0.2, 0.25) is 0 Å². The molecule has 0 N–H and O–H groups in total. The van der Waals surface area contributed by atoms with Gasteiger partial charge in [-0.05, 0) is 36.2 Å². The molecule has 0 bridgehead atoms. The lowest BCUT2D eigenvalue weighted by Gasteiger charge is -2.37. The zero-order valence-corrected chi connectivity index (χ0v) is 18.9. The fourth-order valence-corrected chi connectivity index (χ4v) is 4.25. The fraction of sp³-hybridized carbons (Fsp3) is 0.360. The summed E-state index contributed by atoms with van der Waals surface area (Å²) in [6, 6.07) is 15.1. The van der Waals surface area contributed by atoms with Crippen LogP contribution in [0.5, 0.6) is 5.75 Å². The molecule has 170 valence electrons. The Kier molecular flexibility index (Phi) is 6.71. The van der Waals surface area contributed by atoms with Gasteiger partial charge in [-0.2, -0.15) is 5.26 Å². The number of rotatable bonds is 6. The number of nitrogens with zero attached hydrogens (tertiary/aromatic N) is 5. The first-order valence-electron chi connectivity index (χ1n) is 11.0. The first kappa shape index (κ1) is 22.5. The molecule has 8 nitrogen and oxygen atoms in total. The van der Waals surface area contributed by atoms with Gasteiger partial charge in [0, 0.05) is 39.1 Å². The molecule has 1 aliphatic rings. The summed E-state index contributed by atoms with van der Waals surface area (Å²) in [6.07, 6.45) is 1.76. The minimum atomic E-state index is -0.362. The molecular weight excluding hydrogens is 418 g/mol. The summed E-state index contributed by atoms with van der Waals surface area (Å²) in [5, 5.41) is 10.3. The number of aromatic nitrogens is 2. The summed E-state index contributed by atoms with van der Waals surface area (Å²) < 4.78 is 6.70. The maximum absolute atomic E-state index is 12.8. The number of ether oxygens (including phenoxy) is 1. The molecule has 1 fully saturated rings. The molecule has 8 heteroatoms. The molecule has 1 aliphatic heterocycles. The molecule has 1 saturated heterocycles. The van der Waals surface area contributed by atoms with Crippen molar-refractivity contribution in [3.8, 4) is 11.8 Å². The lowest BCUT2D eigenvalue weighted by molar-refractivity contribution is -0.133. The molecule has 0 radical (unpaired) electrons. The Hall–Kier alpha value is -3.70. The van der Waals surface area contributed by atoms with Crippen LogP contribution in [-0.2, 0) is 11.3 Å². The number of fused-ring (bicyclic) bond motifs is 1. The van der Waals surface area contributed by atoms with Gasteiger partial charge in [0.2, 0.25) is 5.91 Å². The average Bonchev–Trinajstić information content (AvgIpc) is 2.85. The van der Waals surface area contributed by atoms with Crippen LogP contribution in [0.4, 0.5) is 0 Å². The van der Waals surface area contributed by atoms with E-state index in [1.807, 2.05) is 48.2 Å². The number of amides is 1. The van der Waals surface area contributed by atoms with Gasteiger partial charge in [-0.3, -0.25) is 19.1 Å². The van der Waals surface area contributed by atoms with Crippen molar-refractivity contribution in [1.82, 2.24) is 19.4 Å². The second-order valence-corrected chi connectivity index (χ2v) is 8.19. The summed E-state index contributed by atoms with van der Waals surface area (Å²) in [5.74, 6) is 0.755. The lowest BCUT2D eigenvalue weighted by Crippen LogP contribution is -2.49. The average molecular weight is 446 g/mol. The van der Waals surface area contributed by atoms with Gasteiger partial charge in [0.25, 0.3) is 5.56 Å². The Morgan fingerprint density at radius 2 is 1.88 bits per heavy atom. The van der Waals surface area contributed by atoms with E-state index in [1.54, 1.807) is 13.2 Å². The minimum Gasteiger partial charge on any atom is -0.497 e. The van der Waals surface area contributed by atoms with E-state index in [4.69, 9.17) is 4.74 Å². The Morgan fingerprint density at radius 1 is 1.15 bits per heavy atom. The van der Waals surface area contributed by atoms with E-state index >= 15 is 0 Å². The second kappa shape index (κ2) is 9.84. The van der Waals surface area contributed by atoms with Crippen LogP contribution in [0.3, 0.4) is 0 Å². The molecule has 0 spiro atoms. The summed E-state index contributed by atoms with van der Waals surface area (Å²) in [5.41, 5.74) is 2.44. The maximum atomic E-state index is 12.8. The highest BCUT2D eigenvalue weighted by Gasteiger charge is 2.27. The lowest BCUT2D eigenvalue weighted by atomic mass is 10.1. The standard InChI is InChI=1S/C25H27N5O3/c1-18-4-3-5-21-24(18)27-17-30(25(21)32)11-10-23(31)29-14-12-28(13-15-29)22(16-26)19-6-8-20(33-2)9-7-19/h3-9,17,22H,10-15H2,1-2H3. The van der Waals surface area contributed by atoms with Gasteiger partial charge in [0.15, 0.2) is 0 Å². The summed E-state index contributed by atoms with van der Waals surface area (Å²) in [7, 11) is 1.61. The number of benzene rings is 2. The van der Waals surface area contributed by atoms with Crippen LogP contribution < -0.4 is 10.3 Å². The zero-order chi connectivity index (χ0) is 23.4. The van der Waals surface area contributed by atoms with Crippen molar-refractivity contribution in [1.29, 1.82) is 5.26 Å². The molecule has 2 heterocycles. The van der Waals surface area contributed by atoms with E-state index < -0.39 is 0 Å². The highest BCUT2D eigenvalue weighted by atomic mass is 16.5. The number of methoxy groups -OCH3 is 1. The van der Waals surface area contributed by atoms with Crippen molar-refractivity contribution >= 4 is 16.8 Å². The molecule has 3 aromatic rings. The van der Waals surface area contributed by atoms with Crippen molar-refractivity contribution in [2.24, 2.45) is 0 Å². The van der Waals surface area contributed by atoms with E-state index in [2.05, 4.69) is 16.0 Å². The quantitative estimate of drug-likeness (QED) is 0.579. The van der Waals surface area contributed by atoms with Crippen LogP contribution in [0.1, 0.15) is 23.6 Å². The minimum absolute atomic E-state index is 0.00356. The summed E-state index contributed by atoms with van der Waals surface area (Å²) in [4.78, 5) is 33.8. The summed E-state index contributed by atoms with van der Waals surface area (Å²) in [6.45, 7) is 4.56. The molecule has 1 unspecified atom stereocenters. The number of carbonyl (C=O) groups excluding carboxylic acids is 1. The zero-order valence-electron chi connectivity index (χ0n) is 18.9. The third-order valence-corrected chi connectivity index (χ3v) is 6.21. The van der Waals surface area contributed by atoms with Gasteiger partial charge in [-0.25, -0.2) is 4.98 Å². The second-order valence-electron chi connectivity index (χ2n) is 8.19. The predicted molar refractivity (Wildman–Crippen MR) is 125 cm³/mol. The molecule has 4 rings (SSSR count). The molecule has 1 atom stereocenters. The topological polar surface area (TPSA) is 91.5 Å². The number of para-hydroxylation sites is 1. The van der Waals surface area contributed by atoms with Crippen LogP contribution in [-0.4, -0.2) is 58.5 Å². The Balaban J connectivity index is 1.35. The van der Waals surface area contributed by atoms with Crippen LogP contribution in [0.15, 0.2) is 53.6 Å². The Labute approximate surface area is 192 Å². The van der Waals surface area contributed by atoms with Gasteiger partial charge in [0.05, 0.1) is 30.4 Å².